The summed E-state index contributed by atoms with van der Waals surface area (Å²) in [4.78, 5) is 25.7. The molecule has 0 aromatic heterocycles. The van der Waals surface area contributed by atoms with Gasteiger partial charge in [-0.25, -0.2) is 8.42 Å². The molecule has 174 valence electrons. The third kappa shape index (κ3) is 8.07. The van der Waals surface area contributed by atoms with Crippen LogP contribution in [0, 0.1) is 0 Å². The molecule has 0 radical (unpaired) electrons. The fourth-order valence-corrected chi connectivity index (χ4v) is 3.85. The van der Waals surface area contributed by atoms with Crippen molar-refractivity contribution in [1.29, 1.82) is 0 Å². The number of benzene rings is 1. The molecule has 1 saturated heterocycles. The van der Waals surface area contributed by atoms with E-state index in [9.17, 15) is 23.1 Å². The van der Waals surface area contributed by atoms with Crippen molar-refractivity contribution in [3.8, 4) is 5.75 Å². The van der Waals surface area contributed by atoms with Crippen molar-refractivity contribution in [2.24, 2.45) is 0 Å². The number of carboxylic acid groups (broad SMARTS) is 1. The van der Waals surface area contributed by atoms with Crippen molar-refractivity contribution in [2.75, 3.05) is 66.1 Å². The monoisotopic (exact) mass is 459 g/mol. The molecule has 1 aliphatic rings. The minimum atomic E-state index is -3.31. The van der Waals surface area contributed by atoms with Crippen LogP contribution in [0.4, 0.5) is 0 Å². The quantitative estimate of drug-likeness (QED) is 0.312. The summed E-state index contributed by atoms with van der Waals surface area (Å²) in [5.74, 6) is -0.963. The first kappa shape index (κ1) is 25.0. The number of piperazine rings is 1. The van der Waals surface area contributed by atoms with Crippen molar-refractivity contribution >= 4 is 21.9 Å². The molecule has 1 atom stereocenters. The Kier molecular flexibility index (Phi) is 9.65. The molecule has 11 nitrogen and oxygen atoms in total. The first-order chi connectivity index (χ1) is 14.7. The van der Waals surface area contributed by atoms with E-state index in [1.54, 1.807) is 36.3 Å². The van der Waals surface area contributed by atoms with E-state index in [0.717, 1.165) is 6.26 Å². The van der Waals surface area contributed by atoms with Crippen LogP contribution in [0.1, 0.15) is 10.4 Å². The highest BCUT2D eigenvalue weighted by Crippen LogP contribution is 2.13. The van der Waals surface area contributed by atoms with Crippen LogP contribution in [0.5, 0.6) is 5.75 Å². The number of nitrogens with zero attached hydrogens (tertiary/aromatic N) is 2. The average molecular weight is 460 g/mol. The van der Waals surface area contributed by atoms with E-state index in [4.69, 9.17) is 14.2 Å². The lowest BCUT2D eigenvalue weighted by Gasteiger charge is -2.36. The maximum absolute atomic E-state index is 12.4. The number of methoxy groups -OCH3 is 1. The largest absolute Gasteiger partial charge is 0.480 e. The van der Waals surface area contributed by atoms with E-state index in [1.165, 1.54) is 4.31 Å². The van der Waals surface area contributed by atoms with Crippen LogP contribution < -0.4 is 10.1 Å². The van der Waals surface area contributed by atoms with E-state index in [1.807, 2.05) is 0 Å². The van der Waals surface area contributed by atoms with Crippen LogP contribution in [-0.2, 0) is 24.3 Å². The normalized spacial score (nSPS) is 16.6. The minimum Gasteiger partial charge on any atom is -0.480 e. The highest BCUT2D eigenvalue weighted by molar-refractivity contribution is 7.88. The summed E-state index contributed by atoms with van der Waals surface area (Å²) in [7, 11) is -1.73. The minimum absolute atomic E-state index is 0.0573. The predicted molar refractivity (Wildman–Crippen MR) is 112 cm³/mol. The molecule has 1 aliphatic heterocycles. The zero-order valence-electron chi connectivity index (χ0n) is 17.7. The van der Waals surface area contributed by atoms with Crippen LogP contribution in [0.25, 0.3) is 0 Å². The maximum Gasteiger partial charge on any atom is 0.322 e. The second-order valence-corrected chi connectivity index (χ2v) is 8.93. The van der Waals surface area contributed by atoms with E-state index >= 15 is 0 Å². The summed E-state index contributed by atoms with van der Waals surface area (Å²) < 4.78 is 40.0. The second-order valence-electron chi connectivity index (χ2n) is 6.95. The number of sulfonamides is 1. The smallest absolute Gasteiger partial charge is 0.322 e. The van der Waals surface area contributed by atoms with Gasteiger partial charge in [0.15, 0.2) is 6.79 Å². The number of nitrogens with one attached hydrogen (secondary N) is 1. The van der Waals surface area contributed by atoms with Gasteiger partial charge in [0.25, 0.3) is 5.91 Å². The van der Waals surface area contributed by atoms with Gasteiger partial charge in [-0.15, -0.1) is 0 Å². The van der Waals surface area contributed by atoms with Gasteiger partial charge in [0, 0.05) is 45.4 Å². The molecule has 1 fully saturated rings. The summed E-state index contributed by atoms with van der Waals surface area (Å²) in [6.45, 7) is 1.82. The Morgan fingerprint density at radius 1 is 1.13 bits per heavy atom. The van der Waals surface area contributed by atoms with Gasteiger partial charge in [0.2, 0.25) is 10.0 Å². The predicted octanol–water partition coefficient (Wildman–Crippen LogP) is -0.554. The molecule has 12 heteroatoms. The first-order valence-electron chi connectivity index (χ1n) is 9.72. The number of carboxylic acids is 1. The van der Waals surface area contributed by atoms with Crippen LogP contribution in [-0.4, -0.2) is 107 Å². The summed E-state index contributed by atoms with van der Waals surface area (Å²) in [5.41, 5.74) is 0.360. The van der Waals surface area contributed by atoms with E-state index in [2.05, 4.69) is 5.32 Å². The Morgan fingerprint density at radius 2 is 1.77 bits per heavy atom. The molecule has 1 aromatic rings. The molecule has 2 N–H and O–H groups in total. The van der Waals surface area contributed by atoms with Crippen molar-refractivity contribution < 1.29 is 37.3 Å². The van der Waals surface area contributed by atoms with E-state index in [0.29, 0.717) is 24.5 Å². The molecule has 1 unspecified atom stereocenters. The molecule has 0 aliphatic carbocycles. The van der Waals surface area contributed by atoms with Crippen molar-refractivity contribution in [3.63, 3.8) is 0 Å². The Balaban J connectivity index is 1.83. The lowest BCUT2D eigenvalue weighted by Crippen LogP contribution is -2.56. The summed E-state index contributed by atoms with van der Waals surface area (Å²) in [6, 6.07) is 5.43. The molecule has 1 amide bonds. The Bertz CT molecular complexity index is 823. The molecule has 1 heterocycles. The Morgan fingerprint density at radius 3 is 2.32 bits per heavy atom. The maximum atomic E-state index is 12.4. The number of carbonyl (C=O) groups excluding carboxylic acids is 1. The Hall–Kier alpha value is -2.25. The van der Waals surface area contributed by atoms with Crippen LogP contribution >= 0.6 is 0 Å². The topological polar surface area (TPSA) is 135 Å². The van der Waals surface area contributed by atoms with Gasteiger partial charge in [0.1, 0.15) is 11.8 Å². The van der Waals surface area contributed by atoms with Gasteiger partial charge in [-0.2, -0.15) is 4.31 Å². The Labute approximate surface area is 181 Å². The van der Waals surface area contributed by atoms with Gasteiger partial charge >= 0.3 is 5.97 Å². The standard InChI is InChI=1S/C19H29N3O8S/c1-28-11-12-29-14-30-16-5-3-15(4-6-16)18(23)20-13-17(19(24)25)21-7-9-22(10-8-21)31(2,26)27/h3-6,17H,7-14H2,1-2H3,(H,20,23)(H,24,25). The number of aliphatic carboxylic acids is 1. The fourth-order valence-electron chi connectivity index (χ4n) is 3.02. The number of rotatable bonds is 12. The zero-order chi connectivity index (χ0) is 22.9. The summed E-state index contributed by atoms with van der Waals surface area (Å²) in [5, 5.41) is 12.2. The lowest BCUT2D eigenvalue weighted by atomic mass is 10.1. The van der Waals surface area contributed by atoms with Crippen LogP contribution in [0.2, 0.25) is 0 Å². The van der Waals surface area contributed by atoms with Crippen molar-refractivity contribution in [1.82, 2.24) is 14.5 Å². The molecule has 0 saturated carbocycles. The number of hydrogen-bond donors (Lipinski definition) is 2. The van der Waals surface area contributed by atoms with Gasteiger partial charge in [-0.3, -0.25) is 14.5 Å². The summed E-state index contributed by atoms with van der Waals surface area (Å²) in [6.07, 6.45) is 1.13. The van der Waals surface area contributed by atoms with Gasteiger partial charge in [-0.05, 0) is 24.3 Å². The number of ether oxygens (including phenoxy) is 3. The molecule has 0 spiro atoms. The van der Waals surface area contributed by atoms with Crippen LogP contribution in [0.3, 0.4) is 0 Å². The van der Waals surface area contributed by atoms with Crippen molar-refractivity contribution in [3.05, 3.63) is 29.8 Å². The van der Waals surface area contributed by atoms with Gasteiger partial charge < -0.3 is 24.6 Å². The molecule has 1 aromatic carbocycles. The van der Waals surface area contributed by atoms with E-state index < -0.39 is 27.9 Å². The number of amides is 1. The fraction of sp³-hybridized carbons (Fsp3) is 0.579. The molecule has 31 heavy (non-hydrogen) atoms. The van der Waals surface area contributed by atoms with Gasteiger partial charge in [0.05, 0.1) is 19.5 Å². The average Bonchev–Trinajstić information content (AvgIpc) is 2.73. The SMILES string of the molecule is COCCOCOc1ccc(C(=O)NCC(C(=O)O)N2CCN(S(C)(=O)=O)CC2)cc1. The molecular formula is C19H29N3O8S. The number of carbonyl (C=O) groups is 2. The molecule has 0 bridgehead atoms. The van der Waals surface area contributed by atoms with Crippen molar-refractivity contribution in [2.45, 2.75) is 6.04 Å². The highest BCUT2D eigenvalue weighted by atomic mass is 32.2. The summed E-state index contributed by atoms with van der Waals surface area (Å²) >= 11 is 0. The highest BCUT2D eigenvalue weighted by Gasteiger charge is 2.31. The second kappa shape index (κ2) is 12.0. The third-order valence-electron chi connectivity index (χ3n) is 4.78. The van der Waals surface area contributed by atoms with E-state index in [-0.39, 0.29) is 39.5 Å². The molecular weight excluding hydrogens is 430 g/mol. The van der Waals surface area contributed by atoms with Gasteiger partial charge in [-0.1, -0.05) is 0 Å². The lowest BCUT2D eigenvalue weighted by molar-refractivity contribution is -0.143. The van der Waals surface area contributed by atoms with Crippen LogP contribution in [0.15, 0.2) is 24.3 Å². The third-order valence-corrected chi connectivity index (χ3v) is 6.08. The molecule has 2 rings (SSSR count). The zero-order valence-corrected chi connectivity index (χ0v) is 18.5. The number of hydrogen-bond acceptors (Lipinski definition) is 8. The first-order valence-corrected chi connectivity index (χ1v) is 11.6.